The molecule has 53 heavy (non-hydrogen) atoms. The number of ether oxygens (including phenoxy) is 4. The molecule has 0 amide bonds. The number of benzene rings is 3. The number of methoxy groups -OCH3 is 2. The van der Waals surface area contributed by atoms with E-state index in [-0.39, 0.29) is 35.9 Å². The molecule has 280 valence electrons. The van der Waals surface area contributed by atoms with Gasteiger partial charge < -0.3 is 24.1 Å². The summed E-state index contributed by atoms with van der Waals surface area (Å²) in [6, 6.07) is 19.8. The first kappa shape index (κ1) is 40.2. The van der Waals surface area contributed by atoms with Gasteiger partial charge in [0.25, 0.3) is 0 Å². The van der Waals surface area contributed by atoms with Crippen LogP contribution < -0.4 is 9.47 Å². The highest BCUT2D eigenvalue weighted by Gasteiger charge is 2.39. The molecule has 0 aliphatic heterocycles. The minimum atomic E-state index is -4.68. The smallest absolute Gasteiger partial charge is 0.433 e. The number of hydrogen-bond donors (Lipinski definition) is 1. The molecule has 0 saturated carbocycles. The summed E-state index contributed by atoms with van der Waals surface area (Å²) in [5.74, 6) is -0.457. The molecule has 1 N–H and O–H groups in total. The van der Waals surface area contributed by atoms with Crippen LogP contribution in [0.2, 0.25) is 5.02 Å². The number of esters is 1. The summed E-state index contributed by atoms with van der Waals surface area (Å²) in [7, 11) is 2.62. The van der Waals surface area contributed by atoms with Crippen LogP contribution in [0.3, 0.4) is 0 Å². The monoisotopic (exact) mass is 764 g/mol. The maximum Gasteiger partial charge on any atom is 0.433 e. The maximum atomic E-state index is 13.6. The van der Waals surface area contributed by atoms with Crippen molar-refractivity contribution in [2.24, 2.45) is 0 Å². The van der Waals surface area contributed by atoms with Crippen LogP contribution in [-0.4, -0.2) is 45.0 Å². The molecule has 3 aromatic carbocycles. The van der Waals surface area contributed by atoms with Crippen LogP contribution in [0.25, 0.3) is 5.57 Å². The van der Waals surface area contributed by atoms with Crippen molar-refractivity contribution in [3.8, 4) is 17.4 Å². The molecule has 0 radical (unpaired) electrons. The number of rotatable bonds is 11. The van der Waals surface area contributed by atoms with Gasteiger partial charge in [0, 0.05) is 11.1 Å². The second kappa shape index (κ2) is 17.3. The highest BCUT2D eigenvalue weighted by molar-refractivity contribution is 6.30. The van der Waals surface area contributed by atoms with E-state index in [9.17, 15) is 36.2 Å². The Hall–Kier alpha value is -5.61. The lowest BCUT2D eigenvalue weighted by molar-refractivity contribution is -0.141. The van der Waals surface area contributed by atoms with E-state index >= 15 is 0 Å². The van der Waals surface area contributed by atoms with Gasteiger partial charge in [0.2, 0.25) is 5.88 Å². The predicted molar refractivity (Wildman–Crippen MR) is 180 cm³/mol. The zero-order valence-corrected chi connectivity index (χ0v) is 28.9. The van der Waals surface area contributed by atoms with Gasteiger partial charge >= 0.3 is 18.3 Å². The lowest BCUT2D eigenvalue weighted by Crippen LogP contribution is -2.31. The highest BCUT2D eigenvalue weighted by atomic mass is 35.5. The molecule has 10 nitrogen and oxygen atoms in total. The lowest BCUT2D eigenvalue weighted by Gasteiger charge is -2.27. The maximum absolute atomic E-state index is 13.6. The third-order valence-electron chi connectivity index (χ3n) is 7.20. The molecule has 2 heterocycles. The van der Waals surface area contributed by atoms with Crippen LogP contribution in [0.5, 0.6) is 17.4 Å². The number of hydrogen-bond acceptors (Lipinski definition) is 9. The largest absolute Gasteiger partial charge is 0.503 e. The summed E-state index contributed by atoms with van der Waals surface area (Å²) >= 11 is 5.79. The molecular formula is C36H31ClF6N4O6. The van der Waals surface area contributed by atoms with Gasteiger partial charge in [-0.1, -0.05) is 48.0 Å². The summed E-state index contributed by atoms with van der Waals surface area (Å²) in [6.45, 7) is 1.01. The standard InChI is InChI=1S/C18H15ClF3N3O2.C18H16F3NO4/c1-17(26,9-25-11-23-10-24-25)15-7-6-14(8-16(15)18(20,21)22)27-13-4-2-12(19)3-5-13;1-24-11-14(17(23)25-2)13-7-4-3-6-12(13)10-26-16-9-5-8-15(22-16)18(19,20)21/h2-8,10-11,26H,9H2,1H3;3-9,11H,10H2,1-2H3/b;14-11+. The number of carbonyl (C=O) groups excluding carboxylic acids is 1. The Balaban J connectivity index is 0.000000237. The van der Waals surface area contributed by atoms with Crippen molar-refractivity contribution in [1.29, 1.82) is 0 Å². The van der Waals surface area contributed by atoms with Crippen LogP contribution >= 0.6 is 11.6 Å². The Morgan fingerprint density at radius 1 is 0.887 bits per heavy atom. The van der Waals surface area contributed by atoms with Crippen molar-refractivity contribution in [2.45, 2.75) is 38.0 Å². The fourth-order valence-corrected chi connectivity index (χ4v) is 4.93. The SMILES string of the molecule is CC(O)(Cn1cncn1)c1ccc(Oc2ccc(Cl)cc2)cc1C(F)(F)F.CO/C=C(/C(=O)OC)c1ccccc1COc1cccc(C(F)(F)F)n1. The molecule has 0 fully saturated rings. The van der Waals surface area contributed by atoms with Gasteiger partial charge in [-0.25, -0.2) is 19.4 Å². The van der Waals surface area contributed by atoms with E-state index in [1.807, 2.05) is 0 Å². The molecule has 0 spiro atoms. The van der Waals surface area contributed by atoms with Crippen molar-refractivity contribution in [3.05, 3.63) is 137 Å². The van der Waals surface area contributed by atoms with Crippen molar-refractivity contribution < 1.29 is 55.2 Å². The topological polar surface area (TPSA) is 118 Å². The van der Waals surface area contributed by atoms with E-state index in [1.54, 1.807) is 48.5 Å². The first-order valence-electron chi connectivity index (χ1n) is 15.3. The summed E-state index contributed by atoms with van der Waals surface area (Å²) in [4.78, 5) is 19.1. The number of carbonyl (C=O) groups is 1. The fourth-order valence-electron chi connectivity index (χ4n) is 4.81. The second-order valence-electron chi connectivity index (χ2n) is 11.2. The van der Waals surface area contributed by atoms with Gasteiger partial charge in [-0.2, -0.15) is 31.4 Å². The van der Waals surface area contributed by atoms with Crippen LogP contribution in [0, 0.1) is 0 Å². The van der Waals surface area contributed by atoms with Gasteiger partial charge in [-0.15, -0.1) is 0 Å². The number of alkyl halides is 6. The molecule has 0 bridgehead atoms. The second-order valence-corrected chi connectivity index (χ2v) is 11.6. The average molecular weight is 765 g/mol. The summed E-state index contributed by atoms with van der Waals surface area (Å²) in [6.07, 6.45) is -5.45. The third-order valence-corrected chi connectivity index (χ3v) is 7.45. The van der Waals surface area contributed by atoms with E-state index in [0.717, 1.165) is 12.1 Å². The molecule has 1 unspecified atom stereocenters. The molecule has 1 atom stereocenters. The Kier molecular flexibility index (Phi) is 13.1. The third kappa shape index (κ3) is 11.2. The average Bonchev–Trinajstić information content (AvgIpc) is 3.62. The number of aromatic nitrogens is 4. The quantitative estimate of drug-likeness (QED) is 0.0612. The Labute approximate surface area is 304 Å². The van der Waals surface area contributed by atoms with Crippen molar-refractivity contribution in [2.75, 3.05) is 14.2 Å². The Bertz CT molecular complexity index is 2000. The molecule has 2 aromatic heterocycles. The molecule has 5 aromatic rings. The Morgan fingerprint density at radius 2 is 1.58 bits per heavy atom. The van der Waals surface area contributed by atoms with Crippen molar-refractivity contribution in [1.82, 2.24) is 19.7 Å². The van der Waals surface area contributed by atoms with Gasteiger partial charge in [-0.05, 0) is 66.1 Å². The molecule has 0 aliphatic rings. The highest BCUT2D eigenvalue weighted by Crippen LogP contribution is 2.40. The van der Waals surface area contributed by atoms with Crippen LogP contribution in [0.15, 0.2) is 104 Å². The summed E-state index contributed by atoms with van der Waals surface area (Å²) in [5, 5.41) is 15.0. The fraction of sp³-hybridized carbons (Fsp3) is 0.222. The van der Waals surface area contributed by atoms with E-state index in [0.29, 0.717) is 21.9 Å². The van der Waals surface area contributed by atoms with Crippen LogP contribution in [0.4, 0.5) is 26.3 Å². The molecule has 5 rings (SSSR count). The van der Waals surface area contributed by atoms with Gasteiger partial charge in [-0.3, -0.25) is 0 Å². The Morgan fingerprint density at radius 3 is 2.21 bits per heavy atom. The van der Waals surface area contributed by atoms with Gasteiger partial charge in [0.05, 0.1) is 32.6 Å². The zero-order valence-electron chi connectivity index (χ0n) is 28.2. The first-order valence-corrected chi connectivity index (χ1v) is 15.7. The van der Waals surface area contributed by atoms with Crippen molar-refractivity contribution >= 4 is 23.1 Å². The van der Waals surface area contributed by atoms with Crippen LogP contribution in [0.1, 0.15) is 34.9 Å². The van der Waals surface area contributed by atoms with Crippen molar-refractivity contribution in [3.63, 3.8) is 0 Å². The molecule has 17 heteroatoms. The number of nitrogens with zero attached hydrogens (tertiary/aromatic N) is 4. The normalized spacial score (nSPS) is 12.9. The zero-order chi connectivity index (χ0) is 38.8. The van der Waals surface area contributed by atoms with E-state index in [1.165, 1.54) is 69.0 Å². The minimum Gasteiger partial charge on any atom is -0.503 e. The summed E-state index contributed by atoms with van der Waals surface area (Å²) in [5.41, 5.74) is -2.94. The molecular weight excluding hydrogens is 734 g/mol. The molecule has 0 saturated heterocycles. The molecule has 0 aliphatic carbocycles. The predicted octanol–water partition coefficient (Wildman–Crippen LogP) is 8.49. The van der Waals surface area contributed by atoms with Gasteiger partial charge in [0.1, 0.15) is 47.6 Å². The summed E-state index contributed by atoms with van der Waals surface area (Å²) < 4.78 is 101. The van der Waals surface area contributed by atoms with Gasteiger partial charge in [0.15, 0.2) is 0 Å². The van der Waals surface area contributed by atoms with E-state index in [4.69, 9.17) is 30.5 Å². The van der Waals surface area contributed by atoms with E-state index < -0.39 is 35.2 Å². The van der Waals surface area contributed by atoms with E-state index in [2.05, 4.69) is 15.1 Å². The minimum absolute atomic E-state index is 0.00930. The number of halogens is 7. The first-order chi connectivity index (χ1) is 25.0. The van der Waals surface area contributed by atoms with Crippen LogP contribution in [-0.2, 0) is 45.4 Å². The number of pyridine rings is 1. The lowest BCUT2D eigenvalue weighted by atomic mass is 9.90. The number of aliphatic hydroxyl groups is 1.